The number of rotatable bonds is 11. The van der Waals surface area contributed by atoms with Crippen LogP contribution in [0.4, 0.5) is 0 Å². The normalized spacial score (nSPS) is 21.0. The van der Waals surface area contributed by atoms with E-state index in [9.17, 15) is 5.11 Å². The molecule has 1 aliphatic heterocycles. The molecular formula is C20H38O3. The van der Waals surface area contributed by atoms with Crippen LogP contribution in [0.25, 0.3) is 0 Å². The van der Waals surface area contributed by atoms with Gasteiger partial charge in [0, 0.05) is 6.42 Å². The van der Waals surface area contributed by atoms with Gasteiger partial charge in [0.05, 0.1) is 18.8 Å². The molecule has 2 unspecified atom stereocenters. The van der Waals surface area contributed by atoms with Crippen LogP contribution in [0.5, 0.6) is 0 Å². The molecule has 23 heavy (non-hydrogen) atoms. The molecule has 0 spiro atoms. The van der Waals surface area contributed by atoms with Gasteiger partial charge in [0.15, 0.2) is 5.79 Å². The molecule has 0 aliphatic carbocycles. The molecule has 3 nitrogen and oxygen atoms in total. The Kier molecular flexibility index (Phi) is 8.81. The van der Waals surface area contributed by atoms with E-state index in [-0.39, 0.29) is 0 Å². The third-order valence-corrected chi connectivity index (χ3v) is 4.87. The zero-order valence-corrected chi connectivity index (χ0v) is 16.0. The molecule has 0 bridgehead atoms. The second-order valence-electron chi connectivity index (χ2n) is 8.04. The van der Waals surface area contributed by atoms with Gasteiger partial charge >= 0.3 is 0 Å². The highest BCUT2D eigenvalue weighted by Crippen LogP contribution is 2.29. The Balaban J connectivity index is 2.13. The van der Waals surface area contributed by atoms with E-state index in [4.69, 9.17) is 9.47 Å². The number of aliphatic hydroxyl groups is 1. The molecule has 136 valence electrons. The van der Waals surface area contributed by atoms with Crippen LogP contribution in [0.1, 0.15) is 86.0 Å². The van der Waals surface area contributed by atoms with Gasteiger partial charge in [0.1, 0.15) is 0 Å². The van der Waals surface area contributed by atoms with Crippen molar-refractivity contribution in [2.24, 2.45) is 5.92 Å². The largest absolute Gasteiger partial charge is 0.390 e. The van der Waals surface area contributed by atoms with Crippen molar-refractivity contribution < 1.29 is 14.6 Å². The second-order valence-corrected chi connectivity index (χ2v) is 8.04. The van der Waals surface area contributed by atoms with Crippen LogP contribution in [0.2, 0.25) is 0 Å². The van der Waals surface area contributed by atoms with Gasteiger partial charge in [0.25, 0.3) is 0 Å². The zero-order valence-electron chi connectivity index (χ0n) is 16.0. The van der Waals surface area contributed by atoms with E-state index in [1.54, 1.807) is 0 Å². The molecule has 1 heterocycles. The maximum absolute atomic E-state index is 10.5. The van der Waals surface area contributed by atoms with Crippen molar-refractivity contribution in [3.05, 3.63) is 11.6 Å². The summed E-state index contributed by atoms with van der Waals surface area (Å²) in [4.78, 5) is 0. The first-order valence-corrected chi connectivity index (χ1v) is 9.36. The number of allylic oxidation sites excluding steroid dienone is 2. The van der Waals surface area contributed by atoms with Crippen LogP contribution in [0, 0.1) is 5.92 Å². The lowest BCUT2D eigenvalue weighted by Crippen LogP contribution is -2.28. The predicted molar refractivity (Wildman–Crippen MR) is 96.5 cm³/mol. The topological polar surface area (TPSA) is 38.7 Å². The molecule has 3 heteroatoms. The van der Waals surface area contributed by atoms with Gasteiger partial charge in [-0.25, -0.2) is 0 Å². The maximum atomic E-state index is 10.5. The minimum Gasteiger partial charge on any atom is -0.390 e. The lowest BCUT2D eigenvalue weighted by atomic mass is 9.89. The van der Waals surface area contributed by atoms with Crippen molar-refractivity contribution in [3.8, 4) is 0 Å². The van der Waals surface area contributed by atoms with Crippen LogP contribution in [0.15, 0.2) is 11.6 Å². The summed E-state index contributed by atoms with van der Waals surface area (Å²) in [6, 6.07) is 0. The Bertz CT molecular complexity index is 350. The predicted octanol–water partition coefficient (Wildman–Crippen LogP) is 5.22. The van der Waals surface area contributed by atoms with E-state index in [2.05, 4.69) is 26.8 Å². The third kappa shape index (κ3) is 9.49. The average Bonchev–Trinajstić information content (AvgIpc) is 2.84. The molecule has 0 aromatic carbocycles. The Morgan fingerprint density at radius 2 is 1.78 bits per heavy atom. The van der Waals surface area contributed by atoms with Crippen LogP contribution in [-0.4, -0.2) is 29.7 Å². The number of ether oxygens (including phenoxy) is 2. The van der Waals surface area contributed by atoms with Gasteiger partial charge in [-0.3, -0.25) is 0 Å². The molecule has 0 amide bonds. The van der Waals surface area contributed by atoms with E-state index in [1.165, 1.54) is 24.8 Å². The summed E-state index contributed by atoms with van der Waals surface area (Å²) in [6.45, 7) is 12.0. The molecule has 1 fully saturated rings. The Morgan fingerprint density at radius 3 is 2.39 bits per heavy atom. The van der Waals surface area contributed by atoms with Gasteiger partial charge in [0.2, 0.25) is 0 Å². The fourth-order valence-corrected chi connectivity index (χ4v) is 3.25. The van der Waals surface area contributed by atoms with Crippen molar-refractivity contribution in [2.45, 2.75) is 97.4 Å². The highest BCUT2D eigenvalue weighted by Gasteiger charge is 2.31. The summed E-state index contributed by atoms with van der Waals surface area (Å²) >= 11 is 0. The van der Waals surface area contributed by atoms with Gasteiger partial charge in [-0.15, -0.1) is 0 Å². The molecule has 0 radical (unpaired) electrons. The highest BCUT2D eigenvalue weighted by molar-refractivity contribution is 4.92. The first-order chi connectivity index (χ1) is 10.7. The number of hydrogen-bond donors (Lipinski definition) is 1. The smallest absolute Gasteiger partial charge is 0.165 e. The van der Waals surface area contributed by atoms with E-state index in [1.807, 2.05) is 13.8 Å². The van der Waals surface area contributed by atoms with Crippen molar-refractivity contribution >= 4 is 0 Å². The molecule has 0 aromatic heterocycles. The third-order valence-electron chi connectivity index (χ3n) is 4.87. The maximum Gasteiger partial charge on any atom is 0.165 e. The number of hydrogen-bond acceptors (Lipinski definition) is 3. The highest BCUT2D eigenvalue weighted by atomic mass is 16.7. The van der Waals surface area contributed by atoms with Gasteiger partial charge in [-0.1, -0.05) is 31.4 Å². The van der Waals surface area contributed by atoms with Crippen molar-refractivity contribution in [1.29, 1.82) is 0 Å². The van der Waals surface area contributed by atoms with Crippen LogP contribution in [-0.2, 0) is 9.47 Å². The zero-order chi connectivity index (χ0) is 17.3. The molecule has 2 atom stereocenters. The lowest BCUT2D eigenvalue weighted by molar-refractivity contribution is -0.149. The summed E-state index contributed by atoms with van der Waals surface area (Å²) in [5, 5.41) is 10.5. The summed E-state index contributed by atoms with van der Waals surface area (Å²) < 4.78 is 11.2. The van der Waals surface area contributed by atoms with Crippen LogP contribution >= 0.6 is 0 Å². The Morgan fingerprint density at radius 1 is 1.17 bits per heavy atom. The van der Waals surface area contributed by atoms with E-state index in [0.29, 0.717) is 13.2 Å². The van der Waals surface area contributed by atoms with Gasteiger partial charge in [-0.2, -0.15) is 0 Å². The van der Waals surface area contributed by atoms with Gasteiger partial charge in [-0.05, 0) is 65.7 Å². The van der Waals surface area contributed by atoms with E-state index in [0.717, 1.165) is 38.0 Å². The van der Waals surface area contributed by atoms with Crippen molar-refractivity contribution in [1.82, 2.24) is 0 Å². The first kappa shape index (κ1) is 20.7. The van der Waals surface area contributed by atoms with E-state index >= 15 is 0 Å². The summed E-state index contributed by atoms with van der Waals surface area (Å²) in [7, 11) is 0. The van der Waals surface area contributed by atoms with Crippen LogP contribution < -0.4 is 0 Å². The SMILES string of the molecule is CC(C)=CCCC(C)CCCC(C)(O)CCCC1(C)OCCO1. The van der Waals surface area contributed by atoms with Crippen LogP contribution in [0.3, 0.4) is 0 Å². The lowest BCUT2D eigenvalue weighted by Gasteiger charge is -2.27. The average molecular weight is 327 g/mol. The molecule has 1 saturated heterocycles. The minimum absolute atomic E-state index is 0.421. The quantitative estimate of drug-likeness (QED) is 0.529. The molecule has 1 N–H and O–H groups in total. The molecule has 0 saturated carbocycles. The fourth-order valence-electron chi connectivity index (χ4n) is 3.25. The van der Waals surface area contributed by atoms with Crippen molar-refractivity contribution in [2.75, 3.05) is 13.2 Å². The van der Waals surface area contributed by atoms with E-state index < -0.39 is 11.4 Å². The minimum atomic E-state index is -0.561. The van der Waals surface area contributed by atoms with Gasteiger partial charge < -0.3 is 14.6 Å². The second kappa shape index (κ2) is 9.80. The molecule has 1 rings (SSSR count). The Hall–Kier alpha value is -0.380. The standard InChI is InChI=1S/C20H38O3/c1-17(2)9-6-10-18(3)11-7-12-19(4,21)13-8-14-20(5)22-15-16-23-20/h9,18,21H,6-8,10-16H2,1-5H3. The molecule has 1 aliphatic rings. The van der Waals surface area contributed by atoms with Crippen molar-refractivity contribution in [3.63, 3.8) is 0 Å². The monoisotopic (exact) mass is 326 g/mol. The Labute approximate surface area is 143 Å². The summed E-state index contributed by atoms with van der Waals surface area (Å²) in [5.41, 5.74) is 0.846. The summed E-state index contributed by atoms with van der Waals surface area (Å²) in [6.07, 6.45) is 10.6. The fraction of sp³-hybridized carbons (Fsp3) is 0.900. The molecular weight excluding hydrogens is 288 g/mol. The first-order valence-electron chi connectivity index (χ1n) is 9.36. The molecule has 0 aromatic rings. The summed E-state index contributed by atoms with van der Waals surface area (Å²) in [5.74, 6) is 0.316.